The zero-order valence-electron chi connectivity index (χ0n) is 23.2. The van der Waals surface area contributed by atoms with E-state index in [2.05, 4.69) is 20.5 Å². The van der Waals surface area contributed by atoms with Crippen molar-refractivity contribution < 1.29 is 9.35 Å². The minimum atomic E-state index is -1.39. The van der Waals surface area contributed by atoms with Crippen LogP contribution in [0, 0.1) is 6.92 Å². The van der Waals surface area contributed by atoms with Crippen LogP contribution in [0.15, 0.2) is 113 Å². The van der Waals surface area contributed by atoms with Gasteiger partial charge in [0.05, 0.1) is 23.0 Å². The van der Waals surface area contributed by atoms with Gasteiger partial charge in [-0.2, -0.15) is 9.07 Å². The first kappa shape index (κ1) is 26.7. The highest BCUT2D eigenvalue weighted by atomic mass is 32.2. The van der Waals surface area contributed by atoms with Crippen molar-refractivity contribution in [3.05, 3.63) is 131 Å². The van der Waals surface area contributed by atoms with Gasteiger partial charge in [0, 0.05) is 42.1 Å². The van der Waals surface area contributed by atoms with Gasteiger partial charge in [0.2, 0.25) is 0 Å². The van der Waals surface area contributed by atoms with E-state index >= 15 is 0 Å². The number of aryl methyl sites for hydroxylation is 1. The Morgan fingerprint density at radius 1 is 0.930 bits per heavy atom. The van der Waals surface area contributed by atoms with Gasteiger partial charge in [-0.3, -0.25) is 9.78 Å². The molecule has 9 nitrogen and oxygen atoms in total. The summed E-state index contributed by atoms with van der Waals surface area (Å²) < 4.78 is 15.0. The molecule has 0 radical (unpaired) electrons. The average Bonchev–Trinajstić information content (AvgIpc) is 3.66. The van der Waals surface area contributed by atoms with Gasteiger partial charge >= 0.3 is 6.03 Å². The normalized spacial score (nSPS) is 13.2. The number of aromatic amines is 1. The summed E-state index contributed by atoms with van der Waals surface area (Å²) >= 11 is -1.39. The fraction of sp³-hybridized carbons (Fsp3) is 0.0909. The number of hydrogen-bond donors (Lipinski definition) is 2. The molecule has 1 unspecified atom stereocenters. The number of hydrogen-bond acceptors (Lipinski definition) is 5. The fourth-order valence-corrected chi connectivity index (χ4v) is 6.37. The van der Waals surface area contributed by atoms with Crippen LogP contribution in [0.5, 0.6) is 0 Å². The predicted molar refractivity (Wildman–Crippen MR) is 167 cm³/mol. The van der Waals surface area contributed by atoms with Gasteiger partial charge in [0.1, 0.15) is 11.4 Å². The lowest BCUT2D eigenvalue weighted by Gasteiger charge is -2.16. The molecule has 4 heterocycles. The maximum atomic E-state index is 13.2. The molecule has 6 aromatic rings. The van der Waals surface area contributed by atoms with E-state index in [0.717, 1.165) is 38.7 Å². The lowest BCUT2D eigenvalue weighted by atomic mass is 10.0. The number of H-pyrrole nitrogens is 1. The van der Waals surface area contributed by atoms with Crippen LogP contribution in [-0.2, 0) is 24.5 Å². The third kappa shape index (κ3) is 5.18. The molecule has 10 heteroatoms. The summed E-state index contributed by atoms with van der Waals surface area (Å²) in [6, 6.07) is 26.0. The number of nitrogens with zero attached hydrogens (tertiary/aromatic N) is 4. The maximum Gasteiger partial charge on any atom is 0.322 e. The average molecular weight is 587 g/mol. The van der Waals surface area contributed by atoms with Crippen LogP contribution in [0.4, 0.5) is 10.5 Å². The second-order valence-corrected chi connectivity index (χ2v) is 11.8. The fourth-order valence-electron chi connectivity index (χ4n) is 5.26. The molecule has 0 fully saturated rings. The summed E-state index contributed by atoms with van der Waals surface area (Å²) in [5.74, 6) is 0. The Hall–Kier alpha value is -5.19. The molecule has 3 aromatic carbocycles. The van der Waals surface area contributed by atoms with E-state index in [1.807, 2.05) is 85.8 Å². The van der Waals surface area contributed by atoms with Crippen LogP contribution in [0.25, 0.3) is 33.3 Å². The van der Waals surface area contributed by atoms with Crippen molar-refractivity contribution in [2.75, 3.05) is 5.32 Å². The van der Waals surface area contributed by atoms with Crippen molar-refractivity contribution in [3.8, 4) is 22.4 Å². The topological polar surface area (TPSA) is 119 Å². The van der Waals surface area contributed by atoms with Gasteiger partial charge in [0.15, 0.2) is 4.90 Å². The standard InChI is InChI=1S/C33H26N6O3S/c1-21-2-9-28(10-3-21)43(42)39-15-13-24-16-23(6-11-31(24)39)29-17-30(36-37-32(29)40)22-4-7-27(8-5-22)35-33(41)38-19-25-12-14-34-18-26(25)20-38/h2-18H,19-20H2,1H3,(H,35,41)(H,37,40). The molecule has 0 saturated carbocycles. The van der Waals surface area contributed by atoms with Crippen molar-refractivity contribution >= 4 is 34.0 Å². The summed E-state index contributed by atoms with van der Waals surface area (Å²) in [6.45, 7) is 3.07. The van der Waals surface area contributed by atoms with E-state index in [9.17, 15) is 14.1 Å². The molecule has 1 atom stereocenters. The monoisotopic (exact) mass is 586 g/mol. The summed E-state index contributed by atoms with van der Waals surface area (Å²) in [4.78, 5) is 32.2. The molecule has 0 bridgehead atoms. The van der Waals surface area contributed by atoms with Gasteiger partial charge < -0.3 is 14.8 Å². The lowest BCUT2D eigenvalue weighted by Crippen LogP contribution is -2.30. The second kappa shape index (κ2) is 10.9. The molecule has 7 rings (SSSR count). The number of carbonyl (C=O) groups excluding carboxylic acids is 1. The van der Waals surface area contributed by atoms with Gasteiger partial charge in [0.25, 0.3) is 5.56 Å². The molecule has 0 saturated heterocycles. The van der Waals surface area contributed by atoms with E-state index in [1.54, 1.807) is 33.5 Å². The van der Waals surface area contributed by atoms with E-state index in [0.29, 0.717) is 34.9 Å². The second-order valence-electron chi connectivity index (χ2n) is 10.5. The highest BCUT2D eigenvalue weighted by Gasteiger charge is 2.23. The van der Waals surface area contributed by atoms with Gasteiger partial charge in [-0.1, -0.05) is 35.9 Å². The maximum absolute atomic E-state index is 13.2. The van der Waals surface area contributed by atoms with Crippen molar-refractivity contribution in [2.45, 2.75) is 24.9 Å². The molecule has 2 N–H and O–H groups in total. The van der Waals surface area contributed by atoms with Crippen LogP contribution in [0.3, 0.4) is 0 Å². The predicted octanol–water partition coefficient (Wildman–Crippen LogP) is 5.88. The molecule has 0 spiro atoms. The number of carbonyl (C=O) groups is 1. The van der Waals surface area contributed by atoms with Crippen LogP contribution < -0.4 is 10.9 Å². The number of benzene rings is 3. The number of pyridine rings is 1. The molecule has 1 aliphatic heterocycles. The van der Waals surface area contributed by atoms with E-state index in [4.69, 9.17) is 0 Å². The lowest BCUT2D eigenvalue weighted by molar-refractivity contribution is 0.212. The molecule has 43 heavy (non-hydrogen) atoms. The first-order valence-electron chi connectivity index (χ1n) is 13.7. The first-order valence-corrected chi connectivity index (χ1v) is 14.8. The Morgan fingerprint density at radius 2 is 1.70 bits per heavy atom. The van der Waals surface area contributed by atoms with Crippen LogP contribution >= 0.6 is 0 Å². The minimum Gasteiger partial charge on any atom is -0.587 e. The molecule has 212 valence electrons. The summed E-state index contributed by atoms with van der Waals surface area (Å²) in [5, 5.41) is 10.7. The van der Waals surface area contributed by atoms with Crippen LogP contribution in [-0.4, -0.2) is 34.6 Å². The molecular formula is C33H26N6O3S. The van der Waals surface area contributed by atoms with Crippen molar-refractivity contribution in [2.24, 2.45) is 0 Å². The molecular weight excluding hydrogens is 560 g/mol. The smallest absolute Gasteiger partial charge is 0.322 e. The third-order valence-electron chi connectivity index (χ3n) is 7.62. The van der Waals surface area contributed by atoms with E-state index in [1.165, 1.54) is 0 Å². The summed E-state index contributed by atoms with van der Waals surface area (Å²) in [5.41, 5.74) is 7.00. The highest BCUT2D eigenvalue weighted by molar-refractivity contribution is 7.90. The third-order valence-corrected chi connectivity index (χ3v) is 8.97. The van der Waals surface area contributed by atoms with Crippen molar-refractivity contribution in [1.82, 2.24) is 24.1 Å². The SMILES string of the molecule is Cc1ccc([S+]([O-])n2ccc3cc(-c4cc(-c5ccc(NC(=O)N6Cc7ccncc7C6)cc5)n[nH]c4=O)ccc32)cc1. The largest absolute Gasteiger partial charge is 0.587 e. The Morgan fingerprint density at radius 3 is 2.49 bits per heavy atom. The van der Waals surface area contributed by atoms with Gasteiger partial charge in [-0.25, -0.2) is 9.89 Å². The number of fused-ring (bicyclic) bond motifs is 2. The molecule has 1 aliphatic rings. The Labute approximate surface area is 250 Å². The van der Waals surface area contributed by atoms with E-state index < -0.39 is 11.4 Å². The quantitative estimate of drug-likeness (QED) is 0.245. The molecule has 0 aliphatic carbocycles. The summed E-state index contributed by atoms with van der Waals surface area (Å²) in [6.07, 6.45) is 5.33. The minimum absolute atomic E-state index is 0.180. The zero-order valence-corrected chi connectivity index (χ0v) is 24.0. The first-order chi connectivity index (χ1) is 20.9. The van der Waals surface area contributed by atoms with E-state index in [-0.39, 0.29) is 11.6 Å². The summed E-state index contributed by atoms with van der Waals surface area (Å²) in [7, 11) is 0. The molecule has 2 amide bonds. The Kier molecular flexibility index (Phi) is 6.77. The van der Waals surface area contributed by atoms with Gasteiger partial charge in [-0.15, -0.1) is 0 Å². The van der Waals surface area contributed by atoms with Crippen LogP contribution in [0.2, 0.25) is 0 Å². The number of amides is 2. The van der Waals surface area contributed by atoms with Crippen LogP contribution in [0.1, 0.15) is 16.7 Å². The zero-order chi connectivity index (χ0) is 29.5. The Bertz CT molecular complexity index is 2010. The Balaban J connectivity index is 1.10. The van der Waals surface area contributed by atoms with Crippen molar-refractivity contribution in [1.29, 1.82) is 0 Å². The number of rotatable bonds is 5. The number of urea groups is 1. The highest BCUT2D eigenvalue weighted by Crippen LogP contribution is 2.29. The van der Waals surface area contributed by atoms with Crippen molar-refractivity contribution in [3.63, 3.8) is 0 Å². The number of aromatic nitrogens is 4. The van der Waals surface area contributed by atoms with Gasteiger partial charge in [-0.05, 0) is 78.2 Å². The number of anilines is 1. The molecule has 3 aromatic heterocycles. The number of nitrogens with one attached hydrogen (secondary N) is 2.